The number of benzene rings is 3. The normalized spacial score (nSPS) is 14.6. The van der Waals surface area contributed by atoms with Crippen LogP contribution in [0.25, 0.3) is 10.8 Å². The molecule has 3 aromatic carbocycles. The van der Waals surface area contributed by atoms with Crippen LogP contribution < -0.4 is 25.5 Å². The van der Waals surface area contributed by atoms with Crippen molar-refractivity contribution < 1.29 is 33.3 Å². The van der Waals surface area contributed by atoms with Crippen LogP contribution >= 0.6 is 0 Å². The summed E-state index contributed by atoms with van der Waals surface area (Å²) in [6.45, 7) is 16.1. The van der Waals surface area contributed by atoms with Crippen molar-refractivity contribution in [3.63, 3.8) is 0 Å². The van der Waals surface area contributed by atoms with Gasteiger partial charge in [0.2, 0.25) is 0 Å². The number of ether oxygens (including phenoxy) is 4. The van der Waals surface area contributed by atoms with Crippen LogP contribution in [0.3, 0.4) is 0 Å². The van der Waals surface area contributed by atoms with E-state index in [1.807, 2.05) is 58.9 Å². The molecular formula is C37H49N5O7. The monoisotopic (exact) mass is 675 g/mol. The van der Waals surface area contributed by atoms with Gasteiger partial charge >= 0.3 is 6.09 Å². The zero-order valence-corrected chi connectivity index (χ0v) is 29.6. The second-order valence-corrected chi connectivity index (χ2v) is 12.8. The number of morpholine rings is 1. The molecule has 3 amide bonds. The summed E-state index contributed by atoms with van der Waals surface area (Å²) in [7, 11) is 1.45. The lowest BCUT2D eigenvalue weighted by Gasteiger charge is -2.26. The number of carbonyl (C=O) groups is 3. The molecule has 1 aliphatic rings. The van der Waals surface area contributed by atoms with Gasteiger partial charge in [-0.25, -0.2) is 10.2 Å². The molecule has 1 heterocycles. The Hall–Kier alpha value is -4.68. The van der Waals surface area contributed by atoms with Gasteiger partial charge in [-0.2, -0.15) is 5.10 Å². The molecule has 0 aliphatic carbocycles. The summed E-state index contributed by atoms with van der Waals surface area (Å²) in [4.78, 5) is 42.3. The lowest BCUT2D eigenvalue weighted by Crippen LogP contribution is -2.38. The summed E-state index contributed by atoms with van der Waals surface area (Å²) in [5.74, 6) is -0.0996. The number of nitrogens with one attached hydrogen (secondary N) is 3. The molecule has 0 bridgehead atoms. The molecule has 4 rings (SSSR count). The average Bonchev–Trinajstić information content (AvgIpc) is 3.08. The highest BCUT2D eigenvalue weighted by Gasteiger charge is 2.27. The van der Waals surface area contributed by atoms with Gasteiger partial charge in [-0.3, -0.25) is 14.5 Å². The Balaban J connectivity index is 1.75. The van der Waals surface area contributed by atoms with Crippen LogP contribution in [0.5, 0.6) is 11.5 Å². The van der Waals surface area contributed by atoms with E-state index in [0.29, 0.717) is 36.5 Å². The molecule has 1 aliphatic heterocycles. The highest BCUT2D eigenvalue weighted by Crippen LogP contribution is 2.36. The Morgan fingerprint density at radius 2 is 1.71 bits per heavy atom. The van der Waals surface area contributed by atoms with Gasteiger partial charge in [-0.15, -0.1) is 0 Å². The first-order chi connectivity index (χ1) is 23.5. The van der Waals surface area contributed by atoms with E-state index in [1.54, 1.807) is 31.2 Å². The van der Waals surface area contributed by atoms with Crippen molar-refractivity contribution in [1.82, 2.24) is 15.6 Å². The lowest BCUT2D eigenvalue weighted by atomic mass is 9.85. The third kappa shape index (κ3) is 9.70. The fourth-order valence-corrected chi connectivity index (χ4v) is 5.34. The van der Waals surface area contributed by atoms with E-state index < -0.39 is 12.0 Å². The SMILES string of the molecule is CCOC(=O)N/N=C(\C(=O)Nc1cc(C(C)(C)C)cc(C(=O)NC(C)CC)c1OC)c1ccc(OCCN2CCOCC2)c2ccccc12. The highest BCUT2D eigenvalue weighted by atomic mass is 16.5. The second-order valence-electron chi connectivity index (χ2n) is 12.8. The van der Waals surface area contributed by atoms with E-state index in [0.717, 1.165) is 37.0 Å². The number of rotatable bonds is 13. The summed E-state index contributed by atoms with van der Waals surface area (Å²) >= 11 is 0. The van der Waals surface area contributed by atoms with Crippen LogP contribution in [-0.2, 0) is 19.7 Å². The van der Waals surface area contributed by atoms with Crippen LogP contribution in [0.2, 0.25) is 0 Å². The third-order valence-corrected chi connectivity index (χ3v) is 8.30. The Kier molecular flexibility index (Phi) is 13.0. The summed E-state index contributed by atoms with van der Waals surface area (Å²) < 4.78 is 22.4. The van der Waals surface area contributed by atoms with Crippen molar-refractivity contribution in [3.05, 3.63) is 65.2 Å². The molecule has 0 spiro atoms. The van der Waals surface area contributed by atoms with Gasteiger partial charge in [0.05, 0.1) is 38.2 Å². The molecule has 1 fully saturated rings. The zero-order valence-electron chi connectivity index (χ0n) is 29.6. The van der Waals surface area contributed by atoms with Crippen molar-refractivity contribution in [1.29, 1.82) is 0 Å². The van der Waals surface area contributed by atoms with Crippen LogP contribution in [0.1, 0.15) is 69.4 Å². The molecule has 1 saturated heterocycles. The zero-order chi connectivity index (χ0) is 35.6. The van der Waals surface area contributed by atoms with Crippen LogP contribution in [-0.4, -0.2) is 87.7 Å². The largest absolute Gasteiger partial charge is 0.494 e. The Labute approximate surface area is 288 Å². The van der Waals surface area contributed by atoms with Crippen LogP contribution in [0.4, 0.5) is 10.5 Å². The van der Waals surface area contributed by atoms with Crippen LogP contribution in [0.15, 0.2) is 53.6 Å². The molecule has 0 radical (unpaired) electrons. The Morgan fingerprint density at radius 3 is 2.37 bits per heavy atom. The maximum atomic E-state index is 14.3. The average molecular weight is 676 g/mol. The third-order valence-electron chi connectivity index (χ3n) is 8.30. The fraction of sp³-hybridized carbons (Fsp3) is 0.459. The van der Waals surface area contributed by atoms with Crippen LogP contribution in [0, 0.1) is 0 Å². The lowest BCUT2D eigenvalue weighted by molar-refractivity contribution is -0.110. The van der Waals surface area contributed by atoms with Gasteiger partial charge in [-0.05, 0) is 60.9 Å². The predicted octanol–water partition coefficient (Wildman–Crippen LogP) is 5.47. The fourth-order valence-electron chi connectivity index (χ4n) is 5.34. The second kappa shape index (κ2) is 17.1. The van der Waals surface area contributed by atoms with E-state index in [2.05, 4.69) is 26.1 Å². The van der Waals surface area contributed by atoms with E-state index in [1.165, 1.54) is 7.11 Å². The molecule has 1 atom stereocenters. The minimum Gasteiger partial charge on any atom is -0.494 e. The van der Waals surface area contributed by atoms with Gasteiger partial charge in [0, 0.05) is 36.6 Å². The van der Waals surface area contributed by atoms with E-state index in [-0.39, 0.29) is 46.7 Å². The maximum Gasteiger partial charge on any atom is 0.427 e. The van der Waals surface area contributed by atoms with Gasteiger partial charge in [0.1, 0.15) is 12.4 Å². The molecule has 264 valence electrons. The number of methoxy groups -OCH3 is 1. The van der Waals surface area contributed by atoms with E-state index in [4.69, 9.17) is 18.9 Å². The summed E-state index contributed by atoms with van der Waals surface area (Å²) in [5.41, 5.74) is 3.72. The van der Waals surface area contributed by atoms with Gasteiger partial charge in [-0.1, -0.05) is 52.0 Å². The molecule has 49 heavy (non-hydrogen) atoms. The molecular weight excluding hydrogens is 626 g/mol. The minimum atomic E-state index is -0.809. The molecule has 3 N–H and O–H groups in total. The number of hydrogen-bond acceptors (Lipinski definition) is 9. The smallest absolute Gasteiger partial charge is 0.427 e. The first-order valence-corrected chi connectivity index (χ1v) is 16.8. The first-order valence-electron chi connectivity index (χ1n) is 16.8. The molecule has 0 aromatic heterocycles. The highest BCUT2D eigenvalue weighted by molar-refractivity contribution is 6.50. The van der Waals surface area contributed by atoms with Crippen molar-refractivity contribution in [2.24, 2.45) is 5.10 Å². The number of hydrogen-bond donors (Lipinski definition) is 3. The molecule has 3 aromatic rings. The topological polar surface area (TPSA) is 140 Å². The predicted molar refractivity (Wildman–Crippen MR) is 191 cm³/mol. The summed E-state index contributed by atoms with van der Waals surface area (Å²) in [6.07, 6.45) is -0.0632. The van der Waals surface area contributed by atoms with Crippen molar-refractivity contribution in [3.8, 4) is 11.5 Å². The quantitative estimate of drug-likeness (QED) is 0.160. The van der Waals surface area contributed by atoms with Crippen molar-refractivity contribution in [2.45, 2.75) is 59.4 Å². The number of hydrazone groups is 1. The molecule has 12 heteroatoms. The van der Waals surface area contributed by atoms with Crippen molar-refractivity contribution in [2.75, 3.05) is 58.5 Å². The summed E-state index contributed by atoms with van der Waals surface area (Å²) in [5, 5.41) is 11.6. The number of anilines is 1. The number of nitrogens with zero attached hydrogens (tertiary/aromatic N) is 2. The standard InChI is InChI=1S/C37H49N5O7/c1-8-24(3)38-34(43)29-22-25(37(4,5)6)23-30(33(29)46-7)39-35(44)32(40-41-36(45)48-9-2)28-14-15-31(27-13-11-10-12-26(27)28)49-21-18-42-16-19-47-20-17-42/h10-15,22-24H,8-9,16-21H2,1-7H3,(H,38,43)(H,39,44)(H,41,45)/b40-32-. The molecule has 12 nitrogen and oxygen atoms in total. The van der Waals surface area contributed by atoms with Crippen molar-refractivity contribution >= 4 is 40.1 Å². The van der Waals surface area contributed by atoms with Gasteiger partial charge in [0.25, 0.3) is 11.8 Å². The Bertz CT molecular complexity index is 1660. The number of fused-ring (bicyclic) bond motifs is 1. The number of carbonyl (C=O) groups excluding carboxylic acids is 3. The Morgan fingerprint density at radius 1 is 1.00 bits per heavy atom. The van der Waals surface area contributed by atoms with Gasteiger partial charge in [0.15, 0.2) is 11.5 Å². The van der Waals surface area contributed by atoms with E-state index in [9.17, 15) is 14.4 Å². The molecule has 0 saturated carbocycles. The van der Waals surface area contributed by atoms with Gasteiger partial charge < -0.3 is 29.6 Å². The van der Waals surface area contributed by atoms with E-state index >= 15 is 0 Å². The number of amides is 3. The molecule has 1 unspecified atom stereocenters. The summed E-state index contributed by atoms with van der Waals surface area (Å²) in [6, 6.07) is 14.6. The maximum absolute atomic E-state index is 14.3. The minimum absolute atomic E-state index is 0.0687. The first kappa shape index (κ1) is 37.1.